The lowest BCUT2D eigenvalue weighted by Crippen LogP contribution is -1.87. The summed E-state index contributed by atoms with van der Waals surface area (Å²) in [6, 6.07) is 8.49. The Labute approximate surface area is 91.5 Å². The number of rotatable bonds is 3. The van der Waals surface area contributed by atoms with E-state index in [1.807, 2.05) is 0 Å². The van der Waals surface area contributed by atoms with E-state index in [2.05, 4.69) is 15.0 Å². The molecule has 5 nitrogen and oxygen atoms in total. The maximum atomic E-state index is 10.2. The molecule has 78 valence electrons. The summed E-state index contributed by atoms with van der Waals surface area (Å²) >= 11 is 0. The zero-order valence-electron chi connectivity index (χ0n) is 8.20. The first-order valence-electron chi connectivity index (χ1n) is 4.51. The van der Waals surface area contributed by atoms with Gasteiger partial charge in [0, 0.05) is 12.3 Å². The molecule has 1 aromatic carbocycles. The van der Waals surface area contributed by atoms with Crippen LogP contribution in [0.15, 0.2) is 47.8 Å². The van der Waals surface area contributed by atoms with Crippen molar-refractivity contribution < 1.29 is 9.53 Å². The average molecular weight is 213 g/mol. The number of aliphatic imine (C=N–C) groups is 1. The van der Waals surface area contributed by atoms with Crippen LogP contribution in [0.3, 0.4) is 0 Å². The molecule has 5 heteroatoms. The molecule has 2 aromatic rings. The average Bonchev–Trinajstić information content (AvgIpc) is 2.33. The molecule has 0 radical (unpaired) electrons. The highest BCUT2D eigenvalue weighted by Crippen LogP contribution is 2.29. The van der Waals surface area contributed by atoms with E-state index >= 15 is 0 Å². The van der Waals surface area contributed by atoms with Gasteiger partial charge in [-0.15, -0.1) is 0 Å². The molecule has 2 rings (SSSR count). The van der Waals surface area contributed by atoms with Crippen LogP contribution in [-0.2, 0) is 4.79 Å². The maximum Gasteiger partial charge on any atom is 0.240 e. The SMILES string of the molecule is O=C=Nc1ccccc1Oc1ccncn1. The van der Waals surface area contributed by atoms with Gasteiger partial charge in [0.05, 0.1) is 0 Å². The van der Waals surface area contributed by atoms with Crippen LogP contribution in [0.4, 0.5) is 5.69 Å². The number of isocyanates is 1. The summed E-state index contributed by atoms with van der Waals surface area (Å²) in [5.41, 5.74) is 0.413. The molecule has 16 heavy (non-hydrogen) atoms. The molecule has 0 N–H and O–H groups in total. The molecule has 0 aliphatic heterocycles. The van der Waals surface area contributed by atoms with Crippen LogP contribution in [0.2, 0.25) is 0 Å². The van der Waals surface area contributed by atoms with E-state index in [0.717, 1.165) is 0 Å². The molecule has 0 saturated heterocycles. The molecule has 0 aliphatic carbocycles. The Morgan fingerprint density at radius 3 is 2.88 bits per heavy atom. The van der Waals surface area contributed by atoms with Crippen molar-refractivity contribution in [1.29, 1.82) is 0 Å². The molecule has 1 heterocycles. The van der Waals surface area contributed by atoms with Gasteiger partial charge in [0.2, 0.25) is 12.0 Å². The summed E-state index contributed by atoms with van der Waals surface area (Å²) < 4.78 is 5.44. The van der Waals surface area contributed by atoms with Crippen molar-refractivity contribution in [3.63, 3.8) is 0 Å². The van der Waals surface area contributed by atoms with E-state index in [0.29, 0.717) is 17.3 Å². The normalized spacial score (nSPS) is 9.25. The summed E-state index contributed by atoms with van der Waals surface area (Å²) in [5.74, 6) is 0.841. The molecule has 0 atom stereocenters. The predicted octanol–water partition coefficient (Wildman–Crippen LogP) is 2.24. The van der Waals surface area contributed by atoms with Gasteiger partial charge in [-0.2, -0.15) is 4.99 Å². The minimum Gasteiger partial charge on any atom is -0.437 e. The van der Waals surface area contributed by atoms with Gasteiger partial charge in [-0.3, -0.25) is 0 Å². The number of benzene rings is 1. The van der Waals surface area contributed by atoms with Crippen molar-refractivity contribution in [2.75, 3.05) is 0 Å². The first kappa shape index (κ1) is 10.0. The Bertz CT molecular complexity index is 522. The van der Waals surface area contributed by atoms with Crippen LogP contribution in [0.25, 0.3) is 0 Å². The summed E-state index contributed by atoms with van der Waals surface area (Å²) in [6.07, 6.45) is 4.41. The topological polar surface area (TPSA) is 64.4 Å². The highest BCUT2D eigenvalue weighted by molar-refractivity contribution is 5.58. The predicted molar refractivity (Wildman–Crippen MR) is 56.3 cm³/mol. The summed E-state index contributed by atoms with van der Waals surface area (Å²) in [7, 11) is 0. The highest BCUT2D eigenvalue weighted by Gasteiger charge is 2.03. The van der Waals surface area contributed by atoms with Gasteiger partial charge in [0.15, 0.2) is 5.75 Å². The number of aromatic nitrogens is 2. The third kappa shape index (κ3) is 2.29. The summed E-state index contributed by atoms with van der Waals surface area (Å²) in [5, 5.41) is 0. The van der Waals surface area contributed by atoms with Gasteiger partial charge >= 0.3 is 0 Å². The minimum absolute atomic E-state index is 0.392. The first-order chi connectivity index (χ1) is 7.90. The Morgan fingerprint density at radius 2 is 2.12 bits per heavy atom. The van der Waals surface area contributed by atoms with Crippen molar-refractivity contribution >= 4 is 11.8 Å². The van der Waals surface area contributed by atoms with Gasteiger partial charge in [-0.25, -0.2) is 14.8 Å². The smallest absolute Gasteiger partial charge is 0.240 e. The first-order valence-corrected chi connectivity index (χ1v) is 4.51. The zero-order valence-corrected chi connectivity index (χ0v) is 8.20. The van der Waals surface area contributed by atoms with Crippen molar-refractivity contribution in [1.82, 2.24) is 9.97 Å². The fourth-order valence-electron chi connectivity index (χ4n) is 1.14. The van der Waals surface area contributed by atoms with Crippen molar-refractivity contribution in [3.05, 3.63) is 42.9 Å². The van der Waals surface area contributed by atoms with Crippen LogP contribution in [-0.4, -0.2) is 16.0 Å². The van der Waals surface area contributed by atoms with Gasteiger partial charge in [0.25, 0.3) is 0 Å². The van der Waals surface area contributed by atoms with E-state index in [4.69, 9.17) is 4.74 Å². The maximum absolute atomic E-state index is 10.2. The lowest BCUT2D eigenvalue weighted by Gasteiger charge is -2.05. The van der Waals surface area contributed by atoms with Gasteiger partial charge in [-0.05, 0) is 12.1 Å². The molecule has 0 fully saturated rings. The number of nitrogens with zero attached hydrogens (tertiary/aromatic N) is 3. The molecule has 0 bridgehead atoms. The molecule has 1 aromatic heterocycles. The van der Waals surface area contributed by atoms with Crippen LogP contribution in [0.1, 0.15) is 0 Å². The number of ether oxygens (including phenoxy) is 1. The van der Waals surface area contributed by atoms with Crippen molar-refractivity contribution in [2.24, 2.45) is 4.99 Å². The Hall–Kier alpha value is -2.52. The molecule has 0 aliphatic rings. The van der Waals surface area contributed by atoms with E-state index in [9.17, 15) is 4.79 Å². The monoisotopic (exact) mass is 213 g/mol. The van der Waals surface area contributed by atoms with Crippen LogP contribution >= 0.6 is 0 Å². The van der Waals surface area contributed by atoms with E-state index < -0.39 is 0 Å². The minimum atomic E-state index is 0.392. The van der Waals surface area contributed by atoms with E-state index in [1.54, 1.807) is 36.5 Å². The third-order valence-corrected chi connectivity index (χ3v) is 1.80. The molecule has 0 amide bonds. The van der Waals surface area contributed by atoms with Crippen LogP contribution in [0, 0.1) is 0 Å². The highest BCUT2D eigenvalue weighted by atomic mass is 16.5. The van der Waals surface area contributed by atoms with Gasteiger partial charge < -0.3 is 4.74 Å². The Morgan fingerprint density at radius 1 is 1.25 bits per heavy atom. The molecular weight excluding hydrogens is 206 g/mol. The van der Waals surface area contributed by atoms with E-state index in [-0.39, 0.29) is 0 Å². The van der Waals surface area contributed by atoms with Crippen molar-refractivity contribution in [3.8, 4) is 11.6 Å². The quantitative estimate of drug-likeness (QED) is 0.579. The van der Waals surface area contributed by atoms with Crippen molar-refractivity contribution in [2.45, 2.75) is 0 Å². The Balaban J connectivity index is 2.31. The lowest BCUT2D eigenvalue weighted by molar-refractivity contribution is 0.462. The molecule has 0 saturated carbocycles. The second-order valence-electron chi connectivity index (χ2n) is 2.82. The number of carbonyl (C=O) groups excluding carboxylic acids is 1. The Kier molecular flexibility index (Phi) is 3.01. The van der Waals surface area contributed by atoms with E-state index in [1.165, 1.54) is 12.4 Å². The zero-order chi connectivity index (χ0) is 11.2. The lowest BCUT2D eigenvalue weighted by atomic mass is 10.3. The summed E-state index contributed by atoms with van der Waals surface area (Å²) in [6.45, 7) is 0. The largest absolute Gasteiger partial charge is 0.437 e. The number of hydrogen-bond donors (Lipinski definition) is 0. The van der Waals surface area contributed by atoms with Gasteiger partial charge in [-0.1, -0.05) is 12.1 Å². The standard InChI is InChI=1S/C11H7N3O2/c15-8-14-9-3-1-2-4-10(9)16-11-5-6-12-7-13-11/h1-7H. The van der Waals surface area contributed by atoms with Gasteiger partial charge in [0.1, 0.15) is 12.0 Å². The summed E-state index contributed by atoms with van der Waals surface area (Å²) in [4.78, 5) is 21.4. The second-order valence-corrected chi connectivity index (χ2v) is 2.82. The second kappa shape index (κ2) is 4.82. The fraction of sp³-hybridized carbons (Fsp3) is 0. The van der Waals surface area contributed by atoms with Crippen LogP contribution < -0.4 is 4.74 Å². The molecule has 0 spiro atoms. The number of para-hydroxylation sites is 2. The number of hydrogen-bond acceptors (Lipinski definition) is 5. The van der Waals surface area contributed by atoms with Crippen LogP contribution in [0.5, 0.6) is 11.6 Å². The third-order valence-electron chi connectivity index (χ3n) is 1.80. The molecule has 0 unspecified atom stereocenters. The fourth-order valence-corrected chi connectivity index (χ4v) is 1.14. The molecular formula is C11H7N3O2.